The lowest BCUT2D eigenvalue weighted by Gasteiger charge is -1.98. The maximum Gasteiger partial charge on any atom is 0.247 e. The number of aliphatic imine (C=N–C) groups is 1. The van der Waals surface area contributed by atoms with Gasteiger partial charge in [0.25, 0.3) is 0 Å². The van der Waals surface area contributed by atoms with Gasteiger partial charge in [-0.2, -0.15) is 0 Å². The van der Waals surface area contributed by atoms with Crippen LogP contribution in [0.4, 0.5) is 0 Å². The van der Waals surface area contributed by atoms with E-state index in [0.29, 0.717) is 12.5 Å². The number of nitrogens with zero attached hydrogens (tertiary/aromatic N) is 1. The molecule has 0 spiro atoms. The van der Waals surface area contributed by atoms with E-state index >= 15 is 0 Å². The van der Waals surface area contributed by atoms with Crippen molar-refractivity contribution < 1.29 is 0 Å². The Kier molecular flexibility index (Phi) is 2.35. The molecule has 1 fully saturated rings. The second-order valence-corrected chi connectivity index (χ2v) is 3.58. The summed E-state index contributed by atoms with van der Waals surface area (Å²) in [5.41, 5.74) is 6.62. The minimum Gasteiger partial charge on any atom is -0.387 e. The van der Waals surface area contributed by atoms with E-state index in [9.17, 15) is 4.79 Å². The molecule has 1 aliphatic rings. The van der Waals surface area contributed by atoms with Gasteiger partial charge in [0.1, 0.15) is 0 Å². The number of hydrogen-bond donors (Lipinski definition) is 2. The Labute approximate surface area is 81.9 Å². The van der Waals surface area contributed by atoms with Crippen LogP contribution in [0.1, 0.15) is 18.4 Å². The van der Waals surface area contributed by atoms with E-state index in [-0.39, 0.29) is 5.56 Å². The molecule has 0 bridgehead atoms. The van der Waals surface area contributed by atoms with E-state index in [0.717, 1.165) is 11.4 Å². The molecule has 4 heteroatoms. The molecule has 0 aliphatic heterocycles. The molecule has 0 radical (unpaired) electrons. The van der Waals surface area contributed by atoms with Crippen molar-refractivity contribution in [1.82, 2.24) is 4.98 Å². The van der Waals surface area contributed by atoms with Crippen molar-refractivity contribution in [3.63, 3.8) is 0 Å². The van der Waals surface area contributed by atoms with Crippen LogP contribution >= 0.6 is 0 Å². The predicted octanol–water partition coefficient (Wildman–Crippen LogP) is 0.642. The smallest absolute Gasteiger partial charge is 0.247 e. The summed E-state index contributed by atoms with van der Waals surface area (Å²) in [5, 5.41) is 0. The Morgan fingerprint density at radius 3 is 2.93 bits per heavy atom. The molecule has 0 unspecified atom stereocenters. The molecule has 14 heavy (non-hydrogen) atoms. The van der Waals surface area contributed by atoms with Gasteiger partial charge in [0.05, 0.1) is 12.4 Å². The third-order valence-corrected chi connectivity index (χ3v) is 2.29. The number of hydrogen-bond acceptors (Lipinski definition) is 2. The van der Waals surface area contributed by atoms with Crippen LogP contribution in [-0.2, 0) is 6.54 Å². The van der Waals surface area contributed by atoms with Gasteiger partial charge in [-0.3, -0.25) is 9.79 Å². The molecule has 3 N–H and O–H groups in total. The van der Waals surface area contributed by atoms with E-state index in [1.807, 2.05) is 0 Å². The van der Waals surface area contributed by atoms with Gasteiger partial charge in [-0.25, -0.2) is 0 Å². The molecule has 0 saturated heterocycles. The third-order valence-electron chi connectivity index (χ3n) is 2.29. The largest absolute Gasteiger partial charge is 0.387 e. The predicted molar refractivity (Wildman–Crippen MR) is 55.1 cm³/mol. The van der Waals surface area contributed by atoms with Gasteiger partial charge >= 0.3 is 0 Å². The molecular weight excluding hydrogens is 178 g/mol. The Morgan fingerprint density at radius 1 is 1.57 bits per heavy atom. The monoisotopic (exact) mass is 191 g/mol. The number of amidine groups is 1. The molecule has 1 saturated carbocycles. The van der Waals surface area contributed by atoms with Crippen LogP contribution in [0, 0.1) is 5.92 Å². The molecule has 1 heterocycles. The summed E-state index contributed by atoms with van der Waals surface area (Å²) in [6.45, 7) is 0.555. The van der Waals surface area contributed by atoms with Crippen molar-refractivity contribution in [3.05, 3.63) is 34.2 Å². The molecule has 2 rings (SSSR count). The lowest BCUT2D eigenvalue weighted by atomic mass is 10.3. The van der Waals surface area contributed by atoms with E-state index in [2.05, 4.69) is 9.98 Å². The van der Waals surface area contributed by atoms with Crippen LogP contribution in [-0.4, -0.2) is 10.8 Å². The van der Waals surface area contributed by atoms with Crippen molar-refractivity contribution in [3.8, 4) is 0 Å². The first-order valence-electron chi connectivity index (χ1n) is 4.73. The highest BCUT2D eigenvalue weighted by atomic mass is 16.1. The molecule has 0 aromatic carbocycles. The van der Waals surface area contributed by atoms with Gasteiger partial charge in [0, 0.05) is 18.2 Å². The van der Waals surface area contributed by atoms with Crippen LogP contribution in [0.25, 0.3) is 0 Å². The average Bonchev–Trinajstić information content (AvgIpc) is 3.00. The molecule has 1 aliphatic carbocycles. The summed E-state index contributed by atoms with van der Waals surface area (Å²) >= 11 is 0. The van der Waals surface area contributed by atoms with Crippen LogP contribution in [0.5, 0.6) is 0 Å². The number of pyridine rings is 1. The maximum atomic E-state index is 10.8. The van der Waals surface area contributed by atoms with E-state index in [1.165, 1.54) is 18.9 Å². The number of H-pyrrole nitrogens is 1. The molecule has 1 aromatic heterocycles. The zero-order valence-electron chi connectivity index (χ0n) is 7.86. The zero-order valence-corrected chi connectivity index (χ0v) is 7.86. The second-order valence-electron chi connectivity index (χ2n) is 3.58. The van der Waals surface area contributed by atoms with Crippen molar-refractivity contribution in [2.75, 3.05) is 0 Å². The van der Waals surface area contributed by atoms with Gasteiger partial charge in [0.15, 0.2) is 0 Å². The van der Waals surface area contributed by atoms with Crippen molar-refractivity contribution in [2.24, 2.45) is 16.6 Å². The first-order valence-corrected chi connectivity index (χ1v) is 4.73. The van der Waals surface area contributed by atoms with E-state index in [1.54, 1.807) is 12.3 Å². The summed E-state index contributed by atoms with van der Waals surface area (Å²) < 4.78 is 0. The number of nitrogens with one attached hydrogen (secondary N) is 1. The highest BCUT2D eigenvalue weighted by Crippen LogP contribution is 2.28. The topological polar surface area (TPSA) is 71.2 Å². The minimum absolute atomic E-state index is 0.0899. The van der Waals surface area contributed by atoms with Gasteiger partial charge in [-0.1, -0.05) is 6.07 Å². The minimum atomic E-state index is -0.0899. The Bertz CT molecular complexity index is 384. The molecule has 4 nitrogen and oxygen atoms in total. The standard InChI is InChI=1S/C10H13N3O/c11-10(8-2-3-8)13-6-7-1-4-9(14)12-5-7/h1,4-5,8H,2-3,6H2,(H2,11,13)(H,12,14). The fourth-order valence-electron chi connectivity index (χ4n) is 1.23. The van der Waals surface area contributed by atoms with Gasteiger partial charge in [-0.05, 0) is 18.4 Å². The zero-order chi connectivity index (χ0) is 9.97. The van der Waals surface area contributed by atoms with Crippen LogP contribution in [0.2, 0.25) is 0 Å². The number of rotatable bonds is 3. The van der Waals surface area contributed by atoms with Gasteiger partial charge < -0.3 is 10.7 Å². The third kappa shape index (κ3) is 2.22. The maximum absolute atomic E-state index is 10.8. The fourth-order valence-corrected chi connectivity index (χ4v) is 1.23. The first-order chi connectivity index (χ1) is 6.75. The summed E-state index contributed by atoms with van der Waals surface area (Å²) in [6, 6.07) is 3.26. The Morgan fingerprint density at radius 2 is 2.36 bits per heavy atom. The summed E-state index contributed by atoms with van der Waals surface area (Å²) in [5.74, 6) is 1.26. The summed E-state index contributed by atoms with van der Waals surface area (Å²) in [7, 11) is 0. The number of aromatic amines is 1. The highest BCUT2D eigenvalue weighted by Gasteiger charge is 2.24. The molecular formula is C10H13N3O. The normalized spacial score (nSPS) is 17.0. The number of nitrogens with two attached hydrogens (primary N) is 1. The summed E-state index contributed by atoms with van der Waals surface area (Å²) in [6.07, 6.45) is 4.01. The van der Waals surface area contributed by atoms with Crippen LogP contribution in [0.15, 0.2) is 28.1 Å². The number of aromatic nitrogens is 1. The van der Waals surface area contributed by atoms with Crippen molar-refractivity contribution in [1.29, 1.82) is 0 Å². The van der Waals surface area contributed by atoms with E-state index < -0.39 is 0 Å². The molecule has 0 amide bonds. The SMILES string of the molecule is NC(=NCc1ccc(=O)[nH]c1)C1CC1. The van der Waals surface area contributed by atoms with Crippen LogP contribution < -0.4 is 11.3 Å². The van der Waals surface area contributed by atoms with Gasteiger partial charge in [-0.15, -0.1) is 0 Å². The molecule has 0 atom stereocenters. The highest BCUT2D eigenvalue weighted by molar-refractivity contribution is 5.84. The lowest BCUT2D eigenvalue weighted by molar-refractivity contribution is 0.999. The van der Waals surface area contributed by atoms with Crippen molar-refractivity contribution >= 4 is 5.84 Å². The van der Waals surface area contributed by atoms with E-state index in [4.69, 9.17) is 5.73 Å². The summed E-state index contributed by atoms with van der Waals surface area (Å²) in [4.78, 5) is 17.6. The first kappa shape index (κ1) is 8.99. The molecule has 1 aromatic rings. The fraction of sp³-hybridized carbons (Fsp3) is 0.400. The van der Waals surface area contributed by atoms with Crippen LogP contribution in [0.3, 0.4) is 0 Å². The lowest BCUT2D eigenvalue weighted by Crippen LogP contribution is -2.14. The average molecular weight is 191 g/mol. The quantitative estimate of drug-likeness (QED) is 0.543. The van der Waals surface area contributed by atoms with Gasteiger partial charge in [0.2, 0.25) is 5.56 Å². The Hall–Kier alpha value is -1.58. The Balaban J connectivity index is 2.00. The van der Waals surface area contributed by atoms with Crippen molar-refractivity contribution in [2.45, 2.75) is 19.4 Å². The molecule has 74 valence electrons. The second kappa shape index (κ2) is 3.65.